The van der Waals surface area contributed by atoms with Gasteiger partial charge < -0.3 is 19.5 Å². The van der Waals surface area contributed by atoms with E-state index < -0.39 is 0 Å². The number of nitrogens with one attached hydrogen (secondary N) is 1. The molecular formula is C32H31N5O2. The van der Waals surface area contributed by atoms with E-state index in [2.05, 4.69) is 22.0 Å². The fourth-order valence-corrected chi connectivity index (χ4v) is 5.55. The highest BCUT2D eigenvalue weighted by Crippen LogP contribution is 2.39. The Labute approximate surface area is 228 Å². The van der Waals surface area contributed by atoms with Gasteiger partial charge in [0.15, 0.2) is 0 Å². The summed E-state index contributed by atoms with van der Waals surface area (Å²) in [6, 6.07) is 27.7. The van der Waals surface area contributed by atoms with Crippen LogP contribution in [0.5, 0.6) is 5.75 Å². The molecule has 1 N–H and O–H groups in total. The van der Waals surface area contributed by atoms with E-state index in [9.17, 15) is 4.79 Å². The van der Waals surface area contributed by atoms with Gasteiger partial charge in [0.05, 0.1) is 36.8 Å². The molecule has 1 atom stereocenters. The molecule has 6 rings (SSSR count). The molecule has 2 amide bonds. The molecule has 0 spiro atoms. The van der Waals surface area contributed by atoms with E-state index >= 15 is 0 Å². The lowest BCUT2D eigenvalue weighted by Crippen LogP contribution is -2.38. The van der Waals surface area contributed by atoms with Gasteiger partial charge in [0.2, 0.25) is 0 Å². The molecule has 3 heterocycles. The molecule has 39 heavy (non-hydrogen) atoms. The number of urea groups is 1. The van der Waals surface area contributed by atoms with E-state index in [0.717, 1.165) is 56.6 Å². The lowest BCUT2D eigenvalue weighted by molar-refractivity contribution is 0.194. The van der Waals surface area contributed by atoms with Gasteiger partial charge in [-0.25, -0.2) is 9.48 Å². The molecule has 0 fully saturated rings. The monoisotopic (exact) mass is 517 g/mol. The highest BCUT2D eigenvalue weighted by molar-refractivity contribution is 5.90. The Morgan fingerprint density at radius 1 is 0.923 bits per heavy atom. The SMILES string of the molecule is COc1cccc([C@@H]2c3cccn3-c3c(c(C)nn3-c3ccccc3)CN2C(=O)Nc2cc(C)cc(C)c2)c1. The van der Waals surface area contributed by atoms with Crippen LogP contribution < -0.4 is 10.1 Å². The predicted octanol–water partition coefficient (Wildman–Crippen LogP) is 6.73. The van der Waals surface area contributed by atoms with E-state index in [1.165, 1.54) is 0 Å². The molecule has 2 aromatic heterocycles. The number of aryl methyl sites for hydroxylation is 3. The third-order valence-corrected chi connectivity index (χ3v) is 7.23. The minimum Gasteiger partial charge on any atom is -0.497 e. The topological polar surface area (TPSA) is 64.3 Å². The molecule has 0 saturated heterocycles. The van der Waals surface area contributed by atoms with Gasteiger partial charge in [-0.3, -0.25) is 0 Å². The number of fused-ring (bicyclic) bond motifs is 3. The second-order valence-corrected chi connectivity index (χ2v) is 10.1. The molecular weight excluding hydrogens is 486 g/mol. The fourth-order valence-electron chi connectivity index (χ4n) is 5.55. The number of carbonyl (C=O) groups excluding carboxylic acids is 1. The lowest BCUT2D eigenvalue weighted by Gasteiger charge is -2.31. The number of hydrogen-bond acceptors (Lipinski definition) is 3. The van der Waals surface area contributed by atoms with E-state index in [1.54, 1.807) is 7.11 Å². The van der Waals surface area contributed by atoms with Gasteiger partial charge in [-0.1, -0.05) is 36.4 Å². The molecule has 1 aliphatic rings. The van der Waals surface area contributed by atoms with Crippen LogP contribution >= 0.6 is 0 Å². The van der Waals surface area contributed by atoms with Crippen molar-refractivity contribution in [2.24, 2.45) is 0 Å². The normalized spacial score (nSPS) is 14.4. The molecule has 7 heteroatoms. The number of carbonyl (C=O) groups is 1. The molecule has 196 valence electrons. The van der Waals surface area contributed by atoms with Gasteiger partial charge in [0.25, 0.3) is 0 Å². The maximum absolute atomic E-state index is 14.2. The van der Waals surface area contributed by atoms with Crippen molar-refractivity contribution in [2.75, 3.05) is 12.4 Å². The molecule has 0 unspecified atom stereocenters. The molecule has 3 aromatic carbocycles. The van der Waals surface area contributed by atoms with Crippen LogP contribution in [0.1, 0.15) is 39.7 Å². The first-order valence-electron chi connectivity index (χ1n) is 13.0. The molecule has 7 nitrogen and oxygen atoms in total. The number of methoxy groups -OCH3 is 1. The van der Waals surface area contributed by atoms with Crippen LogP contribution in [0.2, 0.25) is 0 Å². The Hall–Kier alpha value is -4.78. The summed E-state index contributed by atoms with van der Waals surface area (Å²) in [4.78, 5) is 16.1. The van der Waals surface area contributed by atoms with Gasteiger partial charge in [-0.05, 0) is 86.0 Å². The standard InChI is InChI=1S/C32H31N5O2/c1-21-16-22(2)18-25(17-21)33-32(38)36-20-28-23(3)34-37(26-11-6-5-7-12-26)31(28)35-15-9-14-29(35)30(36)24-10-8-13-27(19-24)39-4/h5-19,30H,20H2,1-4H3,(H,33,38)/t30-/m1/s1. The number of para-hydroxylation sites is 1. The minimum atomic E-state index is -0.364. The Morgan fingerprint density at radius 3 is 2.44 bits per heavy atom. The number of nitrogens with zero attached hydrogens (tertiary/aromatic N) is 4. The molecule has 0 saturated carbocycles. The largest absolute Gasteiger partial charge is 0.497 e. The van der Waals surface area contributed by atoms with Gasteiger partial charge >= 0.3 is 6.03 Å². The molecule has 1 aliphatic heterocycles. The third-order valence-electron chi connectivity index (χ3n) is 7.23. The van der Waals surface area contributed by atoms with Crippen LogP contribution in [0.3, 0.4) is 0 Å². The Bertz CT molecular complexity index is 1650. The van der Waals surface area contributed by atoms with Crippen molar-refractivity contribution >= 4 is 11.7 Å². The van der Waals surface area contributed by atoms with Crippen molar-refractivity contribution in [2.45, 2.75) is 33.4 Å². The molecule has 5 aromatic rings. The zero-order valence-electron chi connectivity index (χ0n) is 22.6. The Kier molecular flexibility index (Phi) is 6.19. The number of anilines is 1. The first-order valence-corrected chi connectivity index (χ1v) is 13.0. The summed E-state index contributed by atoms with van der Waals surface area (Å²) in [6.45, 7) is 6.46. The highest BCUT2D eigenvalue weighted by atomic mass is 16.5. The lowest BCUT2D eigenvalue weighted by atomic mass is 10.0. The summed E-state index contributed by atoms with van der Waals surface area (Å²) >= 11 is 0. The maximum atomic E-state index is 14.2. The van der Waals surface area contributed by atoms with E-state index in [4.69, 9.17) is 9.84 Å². The summed E-state index contributed by atoms with van der Waals surface area (Å²) in [5, 5.41) is 8.11. The van der Waals surface area contributed by atoms with Crippen molar-refractivity contribution in [3.63, 3.8) is 0 Å². The Morgan fingerprint density at radius 2 is 1.69 bits per heavy atom. The summed E-state index contributed by atoms with van der Waals surface area (Å²) in [5.41, 5.74) is 7.75. The van der Waals surface area contributed by atoms with Gasteiger partial charge in [-0.2, -0.15) is 5.10 Å². The summed E-state index contributed by atoms with van der Waals surface area (Å²) in [7, 11) is 1.66. The summed E-state index contributed by atoms with van der Waals surface area (Å²) in [6.07, 6.45) is 2.05. The van der Waals surface area contributed by atoms with E-state index in [1.807, 2.05) is 109 Å². The van der Waals surface area contributed by atoms with Crippen LogP contribution in [0.4, 0.5) is 10.5 Å². The molecule has 0 aliphatic carbocycles. The smallest absolute Gasteiger partial charge is 0.322 e. The van der Waals surface area contributed by atoms with Crippen LogP contribution in [-0.4, -0.2) is 32.4 Å². The van der Waals surface area contributed by atoms with Crippen molar-refractivity contribution in [1.82, 2.24) is 19.2 Å². The quantitative estimate of drug-likeness (QED) is 0.287. The minimum absolute atomic E-state index is 0.180. The average Bonchev–Trinajstić information content (AvgIpc) is 3.49. The zero-order chi connectivity index (χ0) is 27.1. The fraction of sp³-hybridized carbons (Fsp3) is 0.188. The predicted molar refractivity (Wildman–Crippen MR) is 153 cm³/mol. The highest BCUT2D eigenvalue weighted by Gasteiger charge is 2.36. The number of benzene rings is 3. The first kappa shape index (κ1) is 24.6. The van der Waals surface area contributed by atoms with E-state index in [0.29, 0.717) is 6.54 Å². The first-order chi connectivity index (χ1) is 18.9. The van der Waals surface area contributed by atoms with Gasteiger partial charge in [-0.15, -0.1) is 0 Å². The average molecular weight is 518 g/mol. The van der Waals surface area contributed by atoms with Crippen molar-refractivity contribution in [3.8, 4) is 17.3 Å². The van der Waals surface area contributed by atoms with Crippen LogP contribution in [-0.2, 0) is 6.54 Å². The maximum Gasteiger partial charge on any atom is 0.322 e. The van der Waals surface area contributed by atoms with E-state index in [-0.39, 0.29) is 12.1 Å². The zero-order valence-corrected chi connectivity index (χ0v) is 22.6. The van der Waals surface area contributed by atoms with Crippen LogP contribution in [0.15, 0.2) is 91.1 Å². The molecule has 0 bridgehead atoms. The van der Waals surface area contributed by atoms with Crippen molar-refractivity contribution in [1.29, 1.82) is 0 Å². The van der Waals surface area contributed by atoms with Crippen molar-refractivity contribution in [3.05, 3.63) is 125 Å². The second-order valence-electron chi connectivity index (χ2n) is 10.1. The van der Waals surface area contributed by atoms with Crippen LogP contribution in [0, 0.1) is 20.8 Å². The second kappa shape index (κ2) is 9.83. The molecule has 0 radical (unpaired) electrons. The summed E-state index contributed by atoms with van der Waals surface area (Å²) in [5.74, 6) is 1.68. The van der Waals surface area contributed by atoms with Gasteiger partial charge in [0.1, 0.15) is 11.6 Å². The number of amides is 2. The number of aromatic nitrogens is 3. The number of hydrogen-bond donors (Lipinski definition) is 1. The van der Waals surface area contributed by atoms with Crippen molar-refractivity contribution < 1.29 is 9.53 Å². The van der Waals surface area contributed by atoms with Gasteiger partial charge in [0, 0.05) is 17.4 Å². The number of ether oxygens (including phenoxy) is 1. The summed E-state index contributed by atoms with van der Waals surface area (Å²) < 4.78 is 9.70. The Balaban J connectivity index is 1.54. The number of rotatable bonds is 4. The van der Waals surface area contributed by atoms with Crippen LogP contribution in [0.25, 0.3) is 11.5 Å². The third kappa shape index (κ3) is 4.46.